The molecule has 0 atom stereocenters. The molecule has 1 aromatic heterocycles. The summed E-state index contributed by atoms with van der Waals surface area (Å²) < 4.78 is 11.9. The van der Waals surface area contributed by atoms with Crippen LogP contribution >= 0.6 is 0 Å². The first-order valence-corrected chi connectivity index (χ1v) is 9.92. The third-order valence-corrected chi connectivity index (χ3v) is 5.67. The number of aryl methyl sites for hydroxylation is 1. The normalized spacial score (nSPS) is 14.0. The van der Waals surface area contributed by atoms with E-state index in [4.69, 9.17) is 9.47 Å². The molecule has 0 bridgehead atoms. The SMILES string of the molecule is COc1ccc(C(=O)N2CCN(c3ccc4c(c3)c(=O)[nH]c(=O)n4C)CC2)cc1OC. The molecule has 0 aliphatic carbocycles. The summed E-state index contributed by atoms with van der Waals surface area (Å²) in [5.41, 5.74) is 1.17. The number of benzene rings is 2. The highest BCUT2D eigenvalue weighted by molar-refractivity contribution is 5.95. The van der Waals surface area contributed by atoms with E-state index in [1.807, 2.05) is 6.07 Å². The molecule has 1 aliphatic rings. The van der Waals surface area contributed by atoms with Gasteiger partial charge in [0.2, 0.25) is 0 Å². The topological polar surface area (TPSA) is 96.9 Å². The maximum atomic E-state index is 12.9. The van der Waals surface area contributed by atoms with Gasteiger partial charge in [-0.15, -0.1) is 0 Å². The Bertz CT molecular complexity index is 1250. The highest BCUT2D eigenvalue weighted by Crippen LogP contribution is 2.28. The molecule has 0 spiro atoms. The third kappa shape index (κ3) is 3.74. The fourth-order valence-electron chi connectivity index (χ4n) is 3.87. The summed E-state index contributed by atoms with van der Waals surface area (Å²) in [6, 6.07) is 10.6. The molecule has 9 nitrogen and oxygen atoms in total. The van der Waals surface area contributed by atoms with Crippen LogP contribution in [0.3, 0.4) is 0 Å². The van der Waals surface area contributed by atoms with E-state index in [2.05, 4.69) is 9.88 Å². The zero-order valence-electron chi connectivity index (χ0n) is 17.7. The van der Waals surface area contributed by atoms with Crippen LogP contribution in [0.4, 0.5) is 5.69 Å². The molecule has 1 aliphatic heterocycles. The second-order valence-corrected chi connectivity index (χ2v) is 7.37. The summed E-state index contributed by atoms with van der Waals surface area (Å²) in [6.07, 6.45) is 0. The van der Waals surface area contributed by atoms with E-state index in [1.165, 1.54) is 11.7 Å². The molecule has 9 heteroatoms. The fraction of sp³-hybridized carbons (Fsp3) is 0.318. The highest BCUT2D eigenvalue weighted by atomic mass is 16.5. The number of hydrogen-bond donors (Lipinski definition) is 1. The molecule has 0 radical (unpaired) electrons. The van der Waals surface area contributed by atoms with E-state index in [0.717, 1.165) is 5.69 Å². The minimum Gasteiger partial charge on any atom is -0.493 e. The number of nitrogens with one attached hydrogen (secondary N) is 1. The maximum Gasteiger partial charge on any atom is 0.328 e. The van der Waals surface area contributed by atoms with Gasteiger partial charge in [-0.1, -0.05) is 0 Å². The van der Waals surface area contributed by atoms with Crippen molar-refractivity contribution in [1.82, 2.24) is 14.5 Å². The minimum absolute atomic E-state index is 0.0643. The Labute approximate surface area is 178 Å². The first kappa shape index (κ1) is 20.5. The number of amides is 1. The summed E-state index contributed by atoms with van der Waals surface area (Å²) in [5.74, 6) is 1.03. The number of ether oxygens (including phenoxy) is 2. The predicted molar refractivity (Wildman–Crippen MR) is 117 cm³/mol. The van der Waals surface area contributed by atoms with Gasteiger partial charge in [0.1, 0.15) is 0 Å². The highest BCUT2D eigenvalue weighted by Gasteiger charge is 2.23. The molecule has 2 aromatic carbocycles. The maximum absolute atomic E-state index is 12.9. The second-order valence-electron chi connectivity index (χ2n) is 7.37. The van der Waals surface area contributed by atoms with Gasteiger partial charge < -0.3 is 19.3 Å². The molecular weight excluding hydrogens is 400 g/mol. The number of rotatable bonds is 4. The molecule has 1 N–H and O–H groups in total. The Morgan fingerprint density at radius 2 is 1.65 bits per heavy atom. The van der Waals surface area contributed by atoms with Gasteiger partial charge in [-0.2, -0.15) is 0 Å². The number of H-pyrrole nitrogens is 1. The van der Waals surface area contributed by atoms with Gasteiger partial charge in [0.05, 0.1) is 25.1 Å². The molecule has 4 rings (SSSR count). The summed E-state index contributed by atoms with van der Waals surface area (Å²) in [7, 11) is 4.72. The van der Waals surface area contributed by atoms with Crippen molar-refractivity contribution < 1.29 is 14.3 Å². The number of fused-ring (bicyclic) bond motifs is 1. The zero-order chi connectivity index (χ0) is 22.1. The number of carbonyl (C=O) groups is 1. The van der Waals surface area contributed by atoms with E-state index in [0.29, 0.717) is 54.1 Å². The van der Waals surface area contributed by atoms with Crippen LogP contribution in [0.2, 0.25) is 0 Å². The number of methoxy groups -OCH3 is 2. The van der Waals surface area contributed by atoms with Crippen LogP contribution < -0.4 is 25.6 Å². The van der Waals surface area contributed by atoms with Crippen molar-refractivity contribution in [3.8, 4) is 11.5 Å². The summed E-state index contributed by atoms with van der Waals surface area (Å²) in [6.45, 7) is 2.37. The van der Waals surface area contributed by atoms with Gasteiger partial charge in [-0.05, 0) is 36.4 Å². The van der Waals surface area contributed by atoms with Crippen molar-refractivity contribution in [2.45, 2.75) is 0 Å². The quantitative estimate of drug-likeness (QED) is 0.676. The molecule has 3 aromatic rings. The van der Waals surface area contributed by atoms with Crippen molar-refractivity contribution >= 4 is 22.5 Å². The fourth-order valence-corrected chi connectivity index (χ4v) is 3.87. The van der Waals surface area contributed by atoms with Crippen LogP contribution in [0.5, 0.6) is 11.5 Å². The largest absolute Gasteiger partial charge is 0.493 e. The molecule has 1 saturated heterocycles. The van der Waals surface area contributed by atoms with Crippen molar-refractivity contribution in [3.63, 3.8) is 0 Å². The average Bonchev–Trinajstić information content (AvgIpc) is 2.81. The lowest BCUT2D eigenvalue weighted by Crippen LogP contribution is -2.48. The van der Waals surface area contributed by atoms with Gasteiger partial charge >= 0.3 is 5.69 Å². The minimum atomic E-state index is -0.437. The van der Waals surface area contributed by atoms with Gasteiger partial charge in [0.25, 0.3) is 11.5 Å². The molecule has 0 unspecified atom stereocenters. The van der Waals surface area contributed by atoms with Crippen molar-refractivity contribution in [2.75, 3.05) is 45.3 Å². The van der Waals surface area contributed by atoms with Crippen LogP contribution in [0.15, 0.2) is 46.0 Å². The van der Waals surface area contributed by atoms with E-state index in [-0.39, 0.29) is 5.91 Å². The Morgan fingerprint density at radius 3 is 2.32 bits per heavy atom. The standard InChI is InChI=1S/C22H24N4O5/c1-24-17-6-5-15(13-16(17)20(27)23-22(24)29)25-8-10-26(11-9-25)21(28)14-4-7-18(30-2)19(12-14)31-3/h4-7,12-13H,8-11H2,1-3H3,(H,23,27,29). The average molecular weight is 424 g/mol. The van der Waals surface area contributed by atoms with Crippen LogP contribution in [-0.4, -0.2) is 60.8 Å². The number of piperazine rings is 1. The number of nitrogens with zero attached hydrogens (tertiary/aromatic N) is 3. The van der Waals surface area contributed by atoms with Crippen molar-refractivity contribution in [1.29, 1.82) is 0 Å². The molecular formula is C22H24N4O5. The smallest absolute Gasteiger partial charge is 0.328 e. The Balaban J connectivity index is 1.50. The van der Waals surface area contributed by atoms with Gasteiger partial charge in [0.15, 0.2) is 11.5 Å². The number of hydrogen-bond acceptors (Lipinski definition) is 6. The van der Waals surface area contributed by atoms with Crippen LogP contribution in [-0.2, 0) is 7.05 Å². The Kier molecular flexibility index (Phi) is 5.41. The first-order chi connectivity index (χ1) is 14.9. The monoisotopic (exact) mass is 424 g/mol. The van der Waals surface area contributed by atoms with Crippen LogP contribution in [0, 0.1) is 0 Å². The Morgan fingerprint density at radius 1 is 0.935 bits per heavy atom. The number of aromatic nitrogens is 2. The number of aromatic amines is 1. The lowest BCUT2D eigenvalue weighted by Gasteiger charge is -2.36. The molecule has 31 heavy (non-hydrogen) atoms. The molecule has 1 amide bonds. The summed E-state index contributed by atoms with van der Waals surface area (Å²) in [4.78, 5) is 43.2. The van der Waals surface area contributed by atoms with E-state index < -0.39 is 11.2 Å². The predicted octanol–water partition coefficient (Wildman–Crippen LogP) is 1.21. The van der Waals surface area contributed by atoms with Gasteiger partial charge in [-0.3, -0.25) is 19.1 Å². The molecule has 0 saturated carbocycles. The first-order valence-electron chi connectivity index (χ1n) is 9.92. The summed E-state index contributed by atoms with van der Waals surface area (Å²) >= 11 is 0. The second kappa shape index (κ2) is 8.17. The van der Waals surface area contributed by atoms with Crippen LogP contribution in [0.1, 0.15) is 10.4 Å². The van der Waals surface area contributed by atoms with E-state index in [1.54, 1.807) is 49.4 Å². The lowest BCUT2D eigenvalue weighted by atomic mass is 10.1. The molecule has 1 fully saturated rings. The number of anilines is 1. The van der Waals surface area contributed by atoms with Gasteiger partial charge in [-0.25, -0.2) is 4.79 Å². The van der Waals surface area contributed by atoms with Crippen LogP contribution in [0.25, 0.3) is 10.9 Å². The third-order valence-electron chi connectivity index (χ3n) is 5.67. The number of carbonyl (C=O) groups excluding carboxylic acids is 1. The van der Waals surface area contributed by atoms with Gasteiger partial charge in [0, 0.05) is 44.5 Å². The molecule has 162 valence electrons. The zero-order valence-corrected chi connectivity index (χ0v) is 17.7. The lowest BCUT2D eigenvalue weighted by molar-refractivity contribution is 0.0746. The van der Waals surface area contributed by atoms with Crippen molar-refractivity contribution in [3.05, 3.63) is 62.8 Å². The molecule has 2 heterocycles. The van der Waals surface area contributed by atoms with E-state index >= 15 is 0 Å². The van der Waals surface area contributed by atoms with Crippen molar-refractivity contribution in [2.24, 2.45) is 7.05 Å². The van der Waals surface area contributed by atoms with E-state index in [9.17, 15) is 14.4 Å². The summed E-state index contributed by atoms with van der Waals surface area (Å²) in [5, 5.41) is 0.462. The Hall–Kier alpha value is -3.75.